The molecular formula is C14H22N2OS. The van der Waals surface area contributed by atoms with Gasteiger partial charge < -0.3 is 10.6 Å². The van der Waals surface area contributed by atoms with Gasteiger partial charge in [0.25, 0.3) is 0 Å². The highest BCUT2D eigenvalue weighted by Gasteiger charge is 2.67. The number of nitrogens with two attached hydrogens (primary N) is 1. The van der Waals surface area contributed by atoms with Crippen LogP contribution in [0.4, 0.5) is 0 Å². The molecule has 0 aromatic heterocycles. The highest BCUT2D eigenvalue weighted by molar-refractivity contribution is 7.80. The molecule has 0 radical (unpaired) electrons. The molecule has 3 aliphatic carbocycles. The highest BCUT2D eigenvalue weighted by atomic mass is 32.1. The summed E-state index contributed by atoms with van der Waals surface area (Å²) in [6.07, 6.45) is 4.75. The summed E-state index contributed by atoms with van der Waals surface area (Å²) in [4.78, 5) is 14.9. The third kappa shape index (κ3) is 1.77. The van der Waals surface area contributed by atoms with Gasteiger partial charge in [-0.1, -0.05) is 12.2 Å². The molecule has 1 amide bonds. The predicted molar refractivity (Wildman–Crippen MR) is 74.9 cm³/mol. The Kier molecular flexibility index (Phi) is 2.88. The zero-order chi connectivity index (χ0) is 13.0. The molecule has 4 heteroatoms. The van der Waals surface area contributed by atoms with E-state index in [1.807, 2.05) is 18.9 Å². The van der Waals surface area contributed by atoms with Crippen LogP contribution in [0.2, 0.25) is 0 Å². The van der Waals surface area contributed by atoms with Gasteiger partial charge in [-0.05, 0) is 49.9 Å². The maximum atomic E-state index is 12.5. The zero-order valence-electron chi connectivity index (χ0n) is 11.1. The number of hydrogen-bond acceptors (Lipinski definition) is 2. The molecule has 3 saturated carbocycles. The van der Waals surface area contributed by atoms with Crippen molar-refractivity contribution in [1.82, 2.24) is 4.90 Å². The molecule has 2 N–H and O–H groups in total. The Morgan fingerprint density at radius 3 is 2.44 bits per heavy atom. The van der Waals surface area contributed by atoms with Gasteiger partial charge in [0.15, 0.2) is 0 Å². The number of fused-ring (bicyclic) bond motifs is 5. The van der Waals surface area contributed by atoms with Crippen LogP contribution >= 0.6 is 12.2 Å². The fourth-order valence-corrected chi connectivity index (χ4v) is 4.78. The summed E-state index contributed by atoms with van der Waals surface area (Å²) in [6, 6.07) is 0.133. The van der Waals surface area contributed by atoms with Crippen molar-refractivity contribution >= 4 is 23.1 Å². The summed E-state index contributed by atoms with van der Waals surface area (Å²) in [5.41, 5.74) is 5.56. The lowest BCUT2D eigenvalue weighted by Crippen LogP contribution is -2.39. The molecule has 18 heavy (non-hydrogen) atoms. The van der Waals surface area contributed by atoms with Crippen molar-refractivity contribution in [3.05, 3.63) is 0 Å². The summed E-state index contributed by atoms with van der Waals surface area (Å²) in [7, 11) is 1.90. The third-order valence-corrected chi connectivity index (χ3v) is 5.69. The molecule has 0 aromatic rings. The quantitative estimate of drug-likeness (QED) is 0.789. The molecular weight excluding hydrogens is 244 g/mol. The standard InChI is InChI=1S/C14H22N2OS/c1-7(5-10(15)18)16(2)14(17)13-11-8-3-4-9(6-8)12(11)13/h7-9,11-13H,3-6H2,1-2H3,(H2,15,18). The lowest BCUT2D eigenvalue weighted by atomic mass is 10.0. The molecule has 0 spiro atoms. The van der Waals surface area contributed by atoms with Gasteiger partial charge in [0, 0.05) is 25.4 Å². The Morgan fingerprint density at radius 2 is 1.94 bits per heavy atom. The van der Waals surface area contributed by atoms with Crippen LogP contribution in [0.1, 0.15) is 32.6 Å². The Morgan fingerprint density at radius 1 is 1.39 bits per heavy atom. The lowest BCUT2D eigenvalue weighted by Gasteiger charge is -2.26. The van der Waals surface area contributed by atoms with Crippen LogP contribution in [-0.2, 0) is 4.79 Å². The van der Waals surface area contributed by atoms with E-state index >= 15 is 0 Å². The van der Waals surface area contributed by atoms with Gasteiger partial charge in [-0.2, -0.15) is 0 Å². The van der Waals surface area contributed by atoms with Gasteiger partial charge >= 0.3 is 0 Å². The van der Waals surface area contributed by atoms with E-state index in [4.69, 9.17) is 18.0 Å². The van der Waals surface area contributed by atoms with Crippen molar-refractivity contribution in [2.24, 2.45) is 35.3 Å². The molecule has 3 fully saturated rings. The number of rotatable bonds is 4. The Balaban J connectivity index is 1.61. The summed E-state index contributed by atoms with van der Waals surface area (Å²) < 4.78 is 0. The number of thiocarbonyl (C=S) groups is 1. The first-order valence-electron chi connectivity index (χ1n) is 7.05. The summed E-state index contributed by atoms with van der Waals surface area (Å²) in [6.45, 7) is 2.03. The molecule has 2 bridgehead atoms. The topological polar surface area (TPSA) is 46.3 Å². The fourth-order valence-electron chi connectivity index (χ4n) is 4.54. The lowest BCUT2D eigenvalue weighted by molar-refractivity contribution is -0.134. The molecule has 5 unspecified atom stereocenters. The molecule has 0 aliphatic heterocycles. The van der Waals surface area contributed by atoms with Crippen LogP contribution in [0.5, 0.6) is 0 Å². The van der Waals surface area contributed by atoms with Crippen LogP contribution in [0.3, 0.4) is 0 Å². The number of carbonyl (C=O) groups excluding carboxylic acids is 1. The van der Waals surface area contributed by atoms with Crippen LogP contribution in [-0.4, -0.2) is 28.9 Å². The maximum Gasteiger partial charge on any atom is 0.226 e. The first-order chi connectivity index (χ1) is 8.50. The van der Waals surface area contributed by atoms with E-state index in [9.17, 15) is 4.79 Å². The number of amides is 1. The van der Waals surface area contributed by atoms with Gasteiger partial charge in [-0.3, -0.25) is 4.79 Å². The van der Waals surface area contributed by atoms with Crippen molar-refractivity contribution in [3.8, 4) is 0 Å². The van der Waals surface area contributed by atoms with Crippen LogP contribution in [0.25, 0.3) is 0 Å². The van der Waals surface area contributed by atoms with Crippen molar-refractivity contribution in [3.63, 3.8) is 0 Å². The van der Waals surface area contributed by atoms with E-state index in [1.54, 1.807) is 0 Å². The van der Waals surface area contributed by atoms with E-state index < -0.39 is 0 Å². The van der Waals surface area contributed by atoms with Crippen LogP contribution in [0, 0.1) is 29.6 Å². The minimum atomic E-state index is 0.133. The molecule has 0 saturated heterocycles. The zero-order valence-corrected chi connectivity index (χ0v) is 12.0. The van der Waals surface area contributed by atoms with Crippen LogP contribution in [0.15, 0.2) is 0 Å². The predicted octanol–water partition coefficient (Wildman–Crippen LogP) is 1.80. The molecule has 3 nitrogen and oxygen atoms in total. The normalized spacial score (nSPS) is 41.3. The summed E-state index contributed by atoms with van der Waals surface area (Å²) >= 11 is 4.93. The third-order valence-electron chi connectivity index (χ3n) is 5.53. The van der Waals surface area contributed by atoms with Gasteiger partial charge in [-0.15, -0.1) is 0 Å². The Bertz CT molecular complexity index is 381. The van der Waals surface area contributed by atoms with E-state index in [0.717, 1.165) is 23.7 Å². The molecule has 5 atom stereocenters. The summed E-state index contributed by atoms with van der Waals surface area (Å²) in [5, 5.41) is 0. The van der Waals surface area contributed by atoms with E-state index in [2.05, 4.69) is 0 Å². The van der Waals surface area contributed by atoms with Crippen LogP contribution < -0.4 is 5.73 Å². The first kappa shape index (κ1) is 12.4. The van der Waals surface area contributed by atoms with Crippen molar-refractivity contribution in [2.45, 2.75) is 38.6 Å². The first-order valence-corrected chi connectivity index (χ1v) is 7.46. The van der Waals surface area contributed by atoms with Gasteiger partial charge in [0.2, 0.25) is 5.91 Å². The SMILES string of the molecule is CC(CC(N)=S)N(C)C(=O)C1C2C3CCC(C3)C12. The number of carbonyl (C=O) groups is 1. The molecule has 100 valence electrons. The highest BCUT2D eigenvalue weighted by Crippen LogP contribution is 2.69. The van der Waals surface area contributed by atoms with Crippen molar-refractivity contribution in [1.29, 1.82) is 0 Å². The largest absolute Gasteiger partial charge is 0.393 e. The second-order valence-corrected chi connectivity index (χ2v) is 7.01. The van der Waals surface area contributed by atoms with Gasteiger partial charge in [0.1, 0.15) is 0 Å². The van der Waals surface area contributed by atoms with Crippen molar-refractivity contribution < 1.29 is 4.79 Å². The average molecular weight is 266 g/mol. The van der Waals surface area contributed by atoms with E-state index in [1.165, 1.54) is 19.3 Å². The fraction of sp³-hybridized carbons (Fsp3) is 0.857. The number of hydrogen-bond donors (Lipinski definition) is 1. The smallest absolute Gasteiger partial charge is 0.226 e. The Labute approximate surface area is 114 Å². The molecule has 0 heterocycles. The Hall–Kier alpha value is -0.640. The minimum absolute atomic E-state index is 0.133. The molecule has 3 rings (SSSR count). The van der Waals surface area contributed by atoms with Crippen molar-refractivity contribution in [2.75, 3.05) is 7.05 Å². The second kappa shape index (κ2) is 4.19. The number of nitrogens with zero attached hydrogens (tertiary/aromatic N) is 1. The molecule has 0 aromatic carbocycles. The van der Waals surface area contributed by atoms with Gasteiger partial charge in [0.05, 0.1) is 4.99 Å². The minimum Gasteiger partial charge on any atom is -0.393 e. The van der Waals surface area contributed by atoms with E-state index in [-0.39, 0.29) is 6.04 Å². The second-order valence-electron chi connectivity index (χ2n) is 6.48. The van der Waals surface area contributed by atoms with Gasteiger partial charge in [-0.25, -0.2) is 0 Å². The summed E-state index contributed by atoms with van der Waals surface area (Å²) in [5.74, 6) is 3.81. The maximum absolute atomic E-state index is 12.5. The average Bonchev–Trinajstić information content (AvgIpc) is 2.74. The molecule has 3 aliphatic rings. The van der Waals surface area contributed by atoms with E-state index in [0.29, 0.717) is 23.2 Å². The monoisotopic (exact) mass is 266 g/mol.